The lowest BCUT2D eigenvalue weighted by atomic mass is 10.3. The molecular weight excluding hydrogens is 339 g/mol. The van der Waals surface area contributed by atoms with Crippen molar-refractivity contribution in [1.82, 2.24) is 5.32 Å². The van der Waals surface area contributed by atoms with Crippen LogP contribution in [0, 0.1) is 5.82 Å². The Morgan fingerprint density at radius 2 is 2.00 bits per heavy atom. The molecule has 0 saturated carbocycles. The van der Waals surface area contributed by atoms with Crippen LogP contribution in [0.4, 0.5) is 10.1 Å². The first-order valence-electron chi connectivity index (χ1n) is 6.89. The fraction of sp³-hybridized carbons (Fsp3) is 0.267. The Morgan fingerprint density at radius 3 is 2.61 bits per heavy atom. The van der Waals surface area contributed by atoms with Crippen molar-refractivity contribution in [3.63, 3.8) is 0 Å². The maximum Gasteiger partial charge on any atom is 0.232 e. The van der Waals surface area contributed by atoms with E-state index < -0.39 is 15.8 Å². The molecule has 0 spiro atoms. The van der Waals surface area contributed by atoms with Gasteiger partial charge in [-0.2, -0.15) is 0 Å². The van der Waals surface area contributed by atoms with Gasteiger partial charge in [0, 0.05) is 11.4 Å². The molecular formula is C15H17FN2O3S2. The highest BCUT2D eigenvalue weighted by atomic mass is 32.2. The molecule has 1 aromatic heterocycles. The van der Waals surface area contributed by atoms with Crippen molar-refractivity contribution in [3.05, 3.63) is 52.5 Å². The van der Waals surface area contributed by atoms with Gasteiger partial charge in [-0.3, -0.25) is 9.10 Å². The molecule has 0 aliphatic heterocycles. The van der Waals surface area contributed by atoms with Crippen LogP contribution in [0.3, 0.4) is 0 Å². The number of halogens is 1. The number of carbonyl (C=O) groups is 1. The molecule has 0 saturated heterocycles. The van der Waals surface area contributed by atoms with Crippen molar-refractivity contribution in [2.45, 2.75) is 6.42 Å². The van der Waals surface area contributed by atoms with Gasteiger partial charge in [-0.15, -0.1) is 11.3 Å². The van der Waals surface area contributed by atoms with Crippen molar-refractivity contribution in [1.29, 1.82) is 0 Å². The minimum Gasteiger partial charge on any atom is -0.354 e. The van der Waals surface area contributed by atoms with Gasteiger partial charge in [0.2, 0.25) is 15.9 Å². The lowest BCUT2D eigenvalue weighted by Gasteiger charge is -2.22. The van der Waals surface area contributed by atoms with Crippen molar-refractivity contribution < 1.29 is 17.6 Å². The number of para-hydroxylation sites is 1. The first kappa shape index (κ1) is 17.4. The summed E-state index contributed by atoms with van der Waals surface area (Å²) >= 11 is 1.48. The third-order valence-corrected chi connectivity index (χ3v) is 5.13. The lowest BCUT2D eigenvalue weighted by Crippen LogP contribution is -2.39. The van der Waals surface area contributed by atoms with Gasteiger partial charge in [-0.1, -0.05) is 18.2 Å². The molecule has 0 atom stereocenters. The molecule has 0 fully saturated rings. The molecule has 8 heteroatoms. The smallest absolute Gasteiger partial charge is 0.232 e. The van der Waals surface area contributed by atoms with Gasteiger partial charge in [-0.05, 0) is 23.6 Å². The van der Waals surface area contributed by atoms with Crippen LogP contribution in [0.1, 0.15) is 4.88 Å². The standard InChI is InChI=1S/C15H17FN2O3S2/c1-23(20,21)18(14-7-3-2-6-13(14)16)9-8-17-15(19)11-12-5-4-10-22-12/h2-7,10H,8-9,11H2,1H3,(H,17,19). The van der Waals surface area contributed by atoms with Crippen molar-refractivity contribution in [2.24, 2.45) is 0 Å². The summed E-state index contributed by atoms with van der Waals surface area (Å²) in [6, 6.07) is 9.35. The molecule has 0 aliphatic rings. The minimum absolute atomic E-state index is 0.0255. The van der Waals surface area contributed by atoms with Gasteiger partial charge >= 0.3 is 0 Å². The van der Waals surface area contributed by atoms with E-state index in [9.17, 15) is 17.6 Å². The van der Waals surface area contributed by atoms with Crippen LogP contribution in [0.5, 0.6) is 0 Å². The summed E-state index contributed by atoms with van der Waals surface area (Å²) in [4.78, 5) is 12.7. The number of nitrogens with zero attached hydrogens (tertiary/aromatic N) is 1. The summed E-state index contributed by atoms with van der Waals surface area (Å²) in [5, 5.41) is 4.53. The number of hydrogen-bond donors (Lipinski definition) is 1. The Balaban J connectivity index is 1.97. The van der Waals surface area contributed by atoms with Crippen LogP contribution in [0.25, 0.3) is 0 Å². The second-order valence-corrected chi connectivity index (χ2v) is 7.83. The number of sulfonamides is 1. The molecule has 0 unspecified atom stereocenters. The van der Waals surface area contributed by atoms with Crippen molar-refractivity contribution in [2.75, 3.05) is 23.7 Å². The van der Waals surface area contributed by atoms with E-state index in [1.165, 1.54) is 29.5 Å². The number of anilines is 1. The Labute approximate surface area is 138 Å². The maximum atomic E-state index is 13.8. The molecule has 1 heterocycles. The van der Waals surface area contributed by atoms with Gasteiger partial charge in [0.25, 0.3) is 0 Å². The molecule has 5 nitrogen and oxygen atoms in total. The molecule has 1 aromatic carbocycles. The van der Waals surface area contributed by atoms with E-state index in [1.807, 2.05) is 17.5 Å². The third-order valence-electron chi connectivity index (χ3n) is 3.07. The predicted molar refractivity (Wildman–Crippen MR) is 89.6 cm³/mol. The zero-order chi connectivity index (χ0) is 16.9. The normalized spacial score (nSPS) is 11.2. The molecule has 0 bridgehead atoms. The maximum absolute atomic E-state index is 13.8. The van der Waals surface area contributed by atoms with Gasteiger partial charge in [-0.25, -0.2) is 12.8 Å². The van der Waals surface area contributed by atoms with E-state index >= 15 is 0 Å². The highest BCUT2D eigenvalue weighted by Crippen LogP contribution is 2.20. The second-order valence-electron chi connectivity index (χ2n) is 4.89. The number of benzene rings is 1. The van der Waals surface area contributed by atoms with Crippen LogP contribution in [-0.4, -0.2) is 33.7 Å². The van der Waals surface area contributed by atoms with E-state index in [1.54, 1.807) is 6.07 Å². The molecule has 124 valence electrons. The summed E-state index contributed by atoms with van der Waals surface area (Å²) in [5.74, 6) is -0.822. The number of hydrogen-bond acceptors (Lipinski definition) is 4. The summed E-state index contributed by atoms with van der Waals surface area (Å²) < 4.78 is 38.5. The molecule has 0 radical (unpaired) electrons. The van der Waals surface area contributed by atoms with Crippen LogP contribution in [0.15, 0.2) is 41.8 Å². The van der Waals surface area contributed by atoms with Gasteiger partial charge in [0.15, 0.2) is 0 Å². The second kappa shape index (κ2) is 7.56. The first-order chi connectivity index (χ1) is 10.9. The van der Waals surface area contributed by atoms with E-state index in [4.69, 9.17) is 0 Å². The number of carbonyl (C=O) groups excluding carboxylic acids is 1. The van der Waals surface area contributed by atoms with E-state index in [0.717, 1.165) is 15.4 Å². The minimum atomic E-state index is -3.64. The highest BCUT2D eigenvalue weighted by Gasteiger charge is 2.20. The zero-order valence-electron chi connectivity index (χ0n) is 12.5. The van der Waals surface area contributed by atoms with Crippen LogP contribution in [-0.2, 0) is 21.2 Å². The number of rotatable bonds is 7. The Hall–Kier alpha value is -1.93. The molecule has 2 aromatic rings. The number of thiophene rings is 1. The quantitative estimate of drug-likeness (QED) is 0.825. The monoisotopic (exact) mass is 356 g/mol. The Bertz CT molecular complexity index is 761. The zero-order valence-corrected chi connectivity index (χ0v) is 14.2. The molecule has 1 N–H and O–H groups in total. The van der Waals surface area contributed by atoms with E-state index in [-0.39, 0.29) is 31.1 Å². The van der Waals surface area contributed by atoms with Gasteiger partial charge < -0.3 is 5.32 Å². The molecule has 2 rings (SSSR count). The van der Waals surface area contributed by atoms with E-state index in [0.29, 0.717) is 0 Å². The van der Waals surface area contributed by atoms with Gasteiger partial charge in [0.05, 0.1) is 24.9 Å². The number of amides is 1. The van der Waals surface area contributed by atoms with E-state index in [2.05, 4.69) is 5.32 Å². The van der Waals surface area contributed by atoms with Crippen LogP contribution in [0.2, 0.25) is 0 Å². The molecule has 23 heavy (non-hydrogen) atoms. The fourth-order valence-corrected chi connectivity index (χ4v) is 3.68. The highest BCUT2D eigenvalue weighted by molar-refractivity contribution is 7.92. The van der Waals surface area contributed by atoms with Crippen molar-refractivity contribution in [3.8, 4) is 0 Å². The fourth-order valence-electron chi connectivity index (χ4n) is 2.05. The average Bonchev–Trinajstić information content (AvgIpc) is 2.96. The van der Waals surface area contributed by atoms with Crippen LogP contribution < -0.4 is 9.62 Å². The third kappa shape index (κ3) is 5.04. The first-order valence-corrected chi connectivity index (χ1v) is 9.62. The number of nitrogens with one attached hydrogen (secondary N) is 1. The Morgan fingerprint density at radius 1 is 1.26 bits per heavy atom. The summed E-state index contributed by atoms with van der Waals surface area (Å²) in [5.41, 5.74) is -0.0255. The topological polar surface area (TPSA) is 66.5 Å². The largest absolute Gasteiger partial charge is 0.354 e. The summed E-state index contributed by atoms with van der Waals surface area (Å²) in [6.07, 6.45) is 1.25. The Kier molecular flexibility index (Phi) is 5.73. The summed E-state index contributed by atoms with van der Waals surface area (Å²) in [6.45, 7) is 0.0710. The molecule has 1 amide bonds. The molecule has 0 aliphatic carbocycles. The van der Waals surface area contributed by atoms with Gasteiger partial charge in [0.1, 0.15) is 5.82 Å². The average molecular weight is 356 g/mol. The van der Waals surface area contributed by atoms with Crippen LogP contribution >= 0.6 is 11.3 Å². The lowest BCUT2D eigenvalue weighted by molar-refractivity contribution is -0.120. The summed E-state index contributed by atoms with van der Waals surface area (Å²) in [7, 11) is -3.64. The predicted octanol–water partition coefficient (Wildman–Crippen LogP) is 2.01. The SMILES string of the molecule is CS(=O)(=O)N(CCNC(=O)Cc1cccs1)c1ccccc1F. The van der Waals surface area contributed by atoms with Crippen molar-refractivity contribution >= 4 is 33.0 Å².